The van der Waals surface area contributed by atoms with Crippen LogP contribution < -0.4 is 0 Å². The summed E-state index contributed by atoms with van der Waals surface area (Å²) in [7, 11) is -2.36. The third-order valence-electron chi connectivity index (χ3n) is 4.03. The number of rotatable bonds is 3. The van der Waals surface area contributed by atoms with Crippen LogP contribution in [0.2, 0.25) is 39.3 Å². The molecule has 3 heteroatoms. The summed E-state index contributed by atoms with van der Waals surface area (Å²) in [5.41, 5.74) is 4.35. The van der Waals surface area contributed by atoms with E-state index in [2.05, 4.69) is 65.2 Å². The Morgan fingerprint density at radius 1 is 0.808 bits per heavy atom. The molecule has 1 saturated carbocycles. The van der Waals surface area contributed by atoms with Gasteiger partial charge in [0.05, 0.1) is 0 Å². The summed E-state index contributed by atoms with van der Waals surface area (Å²) >= 11 is 0. The van der Waals surface area contributed by atoms with Gasteiger partial charge in [0, 0.05) is 34.3 Å². The first-order valence-corrected chi connectivity index (χ1v) is 16.3. The van der Waals surface area contributed by atoms with E-state index in [1.807, 2.05) is 60.7 Å². The maximum atomic E-state index is 3.90. The molecule has 1 aliphatic rings. The maximum absolute atomic E-state index is 3.90. The zero-order valence-corrected chi connectivity index (χ0v) is 22.4. The van der Waals surface area contributed by atoms with Crippen LogP contribution in [-0.4, -0.2) is 16.1 Å². The monoisotopic (exact) mass is 458 g/mol. The quantitative estimate of drug-likeness (QED) is 0.338. The van der Waals surface area contributed by atoms with Crippen LogP contribution in [0.3, 0.4) is 0 Å². The summed E-state index contributed by atoms with van der Waals surface area (Å²) in [5, 5.41) is 1.69. The van der Waals surface area contributed by atoms with Crippen molar-refractivity contribution in [3.8, 4) is 0 Å². The molecule has 0 spiro atoms. The van der Waals surface area contributed by atoms with Crippen LogP contribution in [0.25, 0.3) is 0 Å². The molecule has 0 heterocycles. The summed E-state index contributed by atoms with van der Waals surface area (Å²) in [5.74, 6) is 0.732. The van der Waals surface area contributed by atoms with Gasteiger partial charge in [0.15, 0.2) is 0 Å². The van der Waals surface area contributed by atoms with Crippen LogP contribution in [0.5, 0.6) is 0 Å². The predicted molar refractivity (Wildman–Crippen MR) is 119 cm³/mol. The van der Waals surface area contributed by atoms with Crippen molar-refractivity contribution in [1.82, 2.24) is 0 Å². The first kappa shape index (κ1) is 25.8. The van der Waals surface area contributed by atoms with Crippen molar-refractivity contribution < 1.29 is 26.2 Å². The average Bonchev–Trinajstić information content (AvgIpc) is 3.01. The van der Waals surface area contributed by atoms with Crippen molar-refractivity contribution in [2.45, 2.75) is 53.1 Å². The van der Waals surface area contributed by atoms with E-state index in [0.29, 0.717) is 5.41 Å². The fourth-order valence-electron chi connectivity index (χ4n) is 2.61. The molecule has 26 heavy (non-hydrogen) atoms. The zero-order chi connectivity index (χ0) is 19.1. The first-order valence-electron chi connectivity index (χ1n) is 9.28. The van der Waals surface area contributed by atoms with Gasteiger partial charge in [-0.25, -0.2) is 30.2 Å². The Bertz CT molecular complexity index is 533. The third kappa shape index (κ3) is 10.8. The van der Waals surface area contributed by atoms with Gasteiger partial charge >= 0.3 is 0 Å². The smallest absolute Gasteiger partial charge is 0.0343 e. The molecular weight excluding hydrogens is 424 g/mol. The molecule has 0 N–H and O–H groups in total. The van der Waals surface area contributed by atoms with Gasteiger partial charge < -0.3 is 12.1 Å². The first-order chi connectivity index (χ1) is 11.4. The van der Waals surface area contributed by atoms with Gasteiger partial charge in [-0.2, -0.15) is 41.8 Å². The van der Waals surface area contributed by atoms with Crippen molar-refractivity contribution in [3.63, 3.8) is 0 Å². The largest absolute Gasteiger partial charge is 0.505 e. The van der Waals surface area contributed by atoms with Crippen molar-refractivity contribution in [2.24, 2.45) is 11.3 Å². The van der Waals surface area contributed by atoms with E-state index >= 15 is 0 Å². The second-order valence-corrected chi connectivity index (χ2v) is 19.2. The minimum atomic E-state index is -1.19. The van der Waals surface area contributed by atoms with Gasteiger partial charge in [-0.05, 0) is 0 Å². The van der Waals surface area contributed by atoms with E-state index < -0.39 is 16.1 Å². The molecule has 0 saturated heterocycles. The summed E-state index contributed by atoms with van der Waals surface area (Å²) in [6.45, 7) is 19.2. The van der Waals surface area contributed by atoms with Crippen LogP contribution in [0.1, 0.15) is 13.8 Å². The van der Waals surface area contributed by atoms with Crippen LogP contribution in [0.15, 0.2) is 65.9 Å². The van der Waals surface area contributed by atoms with Gasteiger partial charge in [-0.3, -0.25) is 5.20 Å². The van der Waals surface area contributed by atoms with Crippen LogP contribution >= 0.6 is 0 Å². The molecule has 1 unspecified atom stereocenters. The topological polar surface area (TPSA) is 0 Å². The Morgan fingerprint density at radius 3 is 1.31 bits per heavy atom. The molecule has 2 aromatic rings. The molecule has 1 aliphatic carbocycles. The predicted octanol–water partition coefficient (Wildman–Crippen LogP) is 7.14. The van der Waals surface area contributed by atoms with Crippen LogP contribution in [-0.2, 0) is 26.2 Å². The second kappa shape index (κ2) is 10.9. The molecule has 3 rings (SSSR count). The van der Waals surface area contributed by atoms with Gasteiger partial charge in [0.2, 0.25) is 0 Å². The molecule has 2 aromatic carbocycles. The summed E-state index contributed by atoms with van der Waals surface area (Å²) < 4.78 is 0. The molecule has 0 amide bonds. The Morgan fingerprint density at radius 2 is 1.15 bits per heavy atom. The Kier molecular flexibility index (Phi) is 10.8. The van der Waals surface area contributed by atoms with Gasteiger partial charge in [0.1, 0.15) is 0 Å². The third-order valence-corrected chi connectivity index (χ3v) is 7.35. The molecular formula is C23H36Si2Zr-4. The summed E-state index contributed by atoms with van der Waals surface area (Å²) in [6, 6.07) is 20.0. The number of hydrogen-bond donors (Lipinski definition) is 0. The van der Waals surface area contributed by atoms with E-state index in [-0.39, 0.29) is 26.2 Å². The maximum Gasteiger partial charge on any atom is 0.0343 e. The molecule has 0 aromatic heterocycles. The minimum Gasteiger partial charge on any atom is -0.505 e. The second-order valence-electron chi connectivity index (χ2n) is 9.43. The van der Waals surface area contributed by atoms with E-state index in [1.165, 1.54) is 0 Å². The van der Waals surface area contributed by atoms with E-state index in [4.69, 9.17) is 0 Å². The van der Waals surface area contributed by atoms with Gasteiger partial charge in [-0.1, -0.05) is 53.1 Å². The van der Waals surface area contributed by atoms with Crippen molar-refractivity contribution in [2.75, 3.05) is 0 Å². The SMILES string of the molecule is CC1(C)[CH-]C1C(=[C-][Si](C)(C)C)[Si](C)(C)C.[Zr].c1cc[cH-]c1.c1cc[cH-]c1. The van der Waals surface area contributed by atoms with Crippen LogP contribution in [0, 0.1) is 23.5 Å². The van der Waals surface area contributed by atoms with Crippen molar-refractivity contribution in [3.05, 3.63) is 78.0 Å². The Labute approximate surface area is 184 Å². The standard InChI is InChI=1S/C13H26Si2.2C5H5.Zr/c1-13(2)9-11(13)12(15(6,7)8)10-14(3,4)5;2*1-2-4-5-3-1;/h9,11H,1-8H3;2*1-5H;/q-2;2*-1;. The molecule has 0 radical (unpaired) electrons. The zero-order valence-electron chi connectivity index (χ0n) is 17.9. The normalized spacial score (nSPS) is 18.5. The fourth-order valence-corrected chi connectivity index (χ4v) is 7.59. The summed E-state index contributed by atoms with van der Waals surface area (Å²) in [6.07, 6.45) is 2.49. The number of hydrogen-bond acceptors (Lipinski definition) is 0. The van der Waals surface area contributed by atoms with E-state index in [9.17, 15) is 0 Å². The van der Waals surface area contributed by atoms with E-state index in [0.717, 1.165) is 5.92 Å². The Balaban J connectivity index is 0.000000460. The van der Waals surface area contributed by atoms with Gasteiger partial charge in [-0.15, -0.1) is 8.07 Å². The summed E-state index contributed by atoms with van der Waals surface area (Å²) in [4.78, 5) is 0. The average molecular weight is 460 g/mol. The molecule has 144 valence electrons. The van der Waals surface area contributed by atoms with E-state index in [1.54, 1.807) is 5.20 Å². The minimum absolute atomic E-state index is 0. The fraction of sp³-hybridized carbons (Fsp3) is 0.435. The molecule has 0 aliphatic heterocycles. The number of allylic oxidation sites excluding steroid dienone is 1. The molecule has 1 atom stereocenters. The van der Waals surface area contributed by atoms with Crippen molar-refractivity contribution in [1.29, 1.82) is 0 Å². The molecule has 0 bridgehead atoms. The van der Waals surface area contributed by atoms with Crippen molar-refractivity contribution >= 4 is 16.1 Å². The molecule has 1 fully saturated rings. The van der Waals surface area contributed by atoms with Gasteiger partial charge in [0.25, 0.3) is 0 Å². The molecule has 0 nitrogen and oxygen atoms in total. The van der Waals surface area contributed by atoms with Crippen LogP contribution in [0.4, 0.5) is 0 Å². The Hall–Kier alpha value is -0.243.